The maximum atomic E-state index is 13.7. The van der Waals surface area contributed by atoms with Crippen molar-refractivity contribution in [2.24, 2.45) is 5.73 Å². The Morgan fingerprint density at radius 2 is 1.86 bits per heavy atom. The van der Waals surface area contributed by atoms with Crippen molar-refractivity contribution in [2.45, 2.75) is 13.2 Å². The lowest BCUT2D eigenvalue weighted by molar-refractivity contribution is 0.0999. The van der Waals surface area contributed by atoms with Crippen molar-refractivity contribution in [3.05, 3.63) is 98.4 Å². The van der Waals surface area contributed by atoms with Crippen LogP contribution in [0.2, 0.25) is 5.02 Å². The Bertz CT molecular complexity index is 1100. The topological polar surface area (TPSA) is 74.3 Å². The Morgan fingerprint density at radius 3 is 2.57 bits per heavy atom. The molecule has 144 valence electrons. The Labute approximate surface area is 163 Å². The first-order valence-electron chi connectivity index (χ1n) is 8.20. The number of amides is 1. The Hall–Kier alpha value is -3.19. The van der Waals surface area contributed by atoms with Crippen LogP contribution < -0.4 is 16.0 Å². The molecule has 0 saturated heterocycles. The van der Waals surface area contributed by atoms with Crippen LogP contribution in [0.5, 0.6) is 5.75 Å². The molecule has 0 radical (unpaired) electrons. The Balaban J connectivity index is 1.82. The predicted molar refractivity (Wildman–Crippen MR) is 100 cm³/mol. The van der Waals surface area contributed by atoms with Gasteiger partial charge < -0.3 is 15.0 Å². The van der Waals surface area contributed by atoms with Gasteiger partial charge in [0.15, 0.2) is 0 Å². The van der Waals surface area contributed by atoms with Crippen molar-refractivity contribution in [3.8, 4) is 5.75 Å². The molecule has 3 aromatic rings. The fourth-order valence-corrected chi connectivity index (χ4v) is 2.87. The van der Waals surface area contributed by atoms with E-state index in [1.807, 2.05) is 0 Å². The second-order valence-corrected chi connectivity index (χ2v) is 6.35. The number of rotatable bonds is 6. The van der Waals surface area contributed by atoms with E-state index in [4.69, 9.17) is 22.1 Å². The van der Waals surface area contributed by atoms with Gasteiger partial charge in [0.05, 0.1) is 6.54 Å². The monoisotopic (exact) mass is 404 g/mol. The number of aromatic nitrogens is 1. The third-order valence-corrected chi connectivity index (χ3v) is 4.44. The molecule has 1 aromatic heterocycles. The number of halogens is 3. The minimum Gasteiger partial charge on any atom is -0.487 e. The van der Waals surface area contributed by atoms with Crippen LogP contribution >= 0.6 is 11.6 Å². The number of hydrogen-bond donors (Lipinski definition) is 1. The summed E-state index contributed by atoms with van der Waals surface area (Å²) in [7, 11) is 0. The Kier molecular flexibility index (Phi) is 5.75. The molecule has 0 spiro atoms. The van der Waals surface area contributed by atoms with Gasteiger partial charge in [0.25, 0.3) is 5.56 Å². The lowest BCUT2D eigenvalue weighted by Gasteiger charge is -2.12. The van der Waals surface area contributed by atoms with Gasteiger partial charge in [-0.2, -0.15) is 0 Å². The number of benzene rings is 2. The second-order valence-electron chi connectivity index (χ2n) is 5.97. The summed E-state index contributed by atoms with van der Waals surface area (Å²) < 4.78 is 33.4. The van der Waals surface area contributed by atoms with E-state index in [-0.39, 0.29) is 29.5 Å². The smallest absolute Gasteiger partial charge is 0.273 e. The van der Waals surface area contributed by atoms with E-state index < -0.39 is 23.1 Å². The summed E-state index contributed by atoms with van der Waals surface area (Å²) >= 11 is 6.09. The van der Waals surface area contributed by atoms with Crippen LogP contribution in [-0.4, -0.2) is 10.5 Å². The van der Waals surface area contributed by atoms with Crippen molar-refractivity contribution in [3.63, 3.8) is 0 Å². The first kappa shape index (κ1) is 19.6. The molecule has 0 atom stereocenters. The molecule has 0 saturated carbocycles. The van der Waals surface area contributed by atoms with E-state index >= 15 is 0 Å². The maximum absolute atomic E-state index is 13.7. The highest BCUT2D eigenvalue weighted by atomic mass is 35.5. The van der Waals surface area contributed by atoms with E-state index in [1.54, 1.807) is 24.3 Å². The highest BCUT2D eigenvalue weighted by Crippen LogP contribution is 2.22. The van der Waals surface area contributed by atoms with E-state index in [1.165, 1.54) is 22.9 Å². The molecular formula is C20H15ClF2N2O3. The summed E-state index contributed by atoms with van der Waals surface area (Å²) in [4.78, 5) is 24.0. The Morgan fingerprint density at radius 1 is 1.11 bits per heavy atom. The molecule has 0 aliphatic rings. The highest BCUT2D eigenvalue weighted by molar-refractivity contribution is 6.31. The van der Waals surface area contributed by atoms with Crippen LogP contribution in [0.15, 0.2) is 59.5 Å². The van der Waals surface area contributed by atoms with Gasteiger partial charge in [-0.05, 0) is 29.8 Å². The van der Waals surface area contributed by atoms with Gasteiger partial charge in [-0.25, -0.2) is 8.78 Å². The molecule has 1 amide bonds. The summed E-state index contributed by atoms with van der Waals surface area (Å²) in [6.07, 6.45) is 1.45. The fraction of sp³-hybridized carbons (Fsp3) is 0.100. The number of ether oxygens (including phenoxy) is 1. The number of pyridine rings is 1. The lowest BCUT2D eigenvalue weighted by Crippen LogP contribution is -2.23. The highest BCUT2D eigenvalue weighted by Gasteiger charge is 2.13. The van der Waals surface area contributed by atoms with Gasteiger partial charge in [-0.15, -0.1) is 0 Å². The number of carbonyl (C=O) groups excluding carboxylic acids is 1. The quantitative estimate of drug-likeness (QED) is 0.683. The molecule has 0 aliphatic carbocycles. The van der Waals surface area contributed by atoms with Crippen molar-refractivity contribution >= 4 is 17.5 Å². The molecule has 0 aliphatic heterocycles. The van der Waals surface area contributed by atoms with Crippen molar-refractivity contribution in [2.75, 3.05) is 0 Å². The number of nitrogens with zero attached hydrogens (tertiary/aromatic N) is 1. The summed E-state index contributed by atoms with van der Waals surface area (Å²) in [6.45, 7) is -0.135. The molecule has 5 nitrogen and oxygen atoms in total. The van der Waals surface area contributed by atoms with E-state index in [9.17, 15) is 18.4 Å². The number of carbonyl (C=O) groups is 1. The molecule has 0 unspecified atom stereocenters. The van der Waals surface area contributed by atoms with Crippen molar-refractivity contribution in [1.29, 1.82) is 0 Å². The van der Waals surface area contributed by atoms with E-state index in [0.717, 1.165) is 12.1 Å². The van der Waals surface area contributed by atoms with Crippen LogP contribution in [0.1, 0.15) is 21.5 Å². The van der Waals surface area contributed by atoms with E-state index in [2.05, 4.69) is 0 Å². The molecule has 8 heteroatoms. The SMILES string of the molecule is NC(=O)c1ccccc1Cn1ccc(OCc2ccc(F)cc2F)c(Cl)c1=O. The van der Waals surface area contributed by atoms with Gasteiger partial charge >= 0.3 is 0 Å². The number of hydrogen-bond acceptors (Lipinski definition) is 3. The predicted octanol–water partition coefficient (Wildman–Crippen LogP) is 3.51. The third kappa shape index (κ3) is 4.20. The zero-order chi connectivity index (χ0) is 20.3. The van der Waals surface area contributed by atoms with Crippen LogP contribution in [-0.2, 0) is 13.2 Å². The average Bonchev–Trinajstić information content (AvgIpc) is 2.66. The zero-order valence-corrected chi connectivity index (χ0v) is 15.2. The third-order valence-electron chi connectivity index (χ3n) is 4.09. The van der Waals surface area contributed by atoms with Gasteiger partial charge in [0.2, 0.25) is 5.91 Å². The van der Waals surface area contributed by atoms with Gasteiger partial charge in [-0.1, -0.05) is 29.8 Å². The van der Waals surface area contributed by atoms with Crippen LogP contribution in [0, 0.1) is 11.6 Å². The molecule has 2 aromatic carbocycles. The van der Waals surface area contributed by atoms with Gasteiger partial charge in [0.1, 0.15) is 29.0 Å². The van der Waals surface area contributed by atoms with Crippen LogP contribution in [0.3, 0.4) is 0 Å². The van der Waals surface area contributed by atoms with Crippen molar-refractivity contribution < 1.29 is 18.3 Å². The molecule has 1 heterocycles. The van der Waals surface area contributed by atoms with Gasteiger partial charge in [0, 0.05) is 23.4 Å². The van der Waals surface area contributed by atoms with Crippen LogP contribution in [0.4, 0.5) is 8.78 Å². The molecule has 0 bridgehead atoms. The lowest BCUT2D eigenvalue weighted by atomic mass is 10.1. The maximum Gasteiger partial charge on any atom is 0.273 e. The average molecular weight is 405 g/mol. The number of primary amides is 1. The minimum atomic E-state index is -0.757. The molecule has 3 rings (SSSR count). The molecule has 2 N–H and O–H groups in total. The second kappa shape index (κ2) is 8.22. The fourth-order valence-electron chi connectivity index (χ4n) is 2.64. The summed E-state index contributed by atoms with van der Waals surface area (Å²) in [6, 6.07) is 11.2. The van der Waals surface area contributed by atoms with E-state index in [0.29, 0.717) is 11.1 Å². The van der Waals surface area contributed by atoms with Crippen LogP contribution in [0.25, 0.3) is 0 Å². The zero-order valence-electron chi connectivity index (χ0n) is 14.5. The summed E-state index contributed by atoms with van der Waals surface area (Å²) in [5.41, 5.74) is 5.80. The van der Waals surface area contributed by atoms with Gasteiger partial charge in [-0.3, -0.25) is 9.59 Å². The first-order valence-corrected chi connectivity index (χ1v) is 8.58. The van der Waals surface area contributed by atoms with Crippen molar-refractivity contribution in [1.82, 2.24) is 4.57 Å². The number of nitrogens with two attached hydrogens (primary N) is 1. The molecule has 0 fully saturated rings. The largest absolute Gasteiger partial charge is 0.487 e. The minimum absolute atomic E-state index is 0.0647. The standard InChI is InChI=1S/C20H15ClF2N2O3/c21-18-17(28-11-13-5-6-14(22)9-16(13)23)7-8-25(20(18)27)10-12-3-1-2-4-15(12)19(24)26/h1-9H,10-11H2,(H2,24,26). The normalized spacial score (nSPS) is 10.7. The molecule has 28 heavy (non-hydrogen) atoms. The first-order chi connectivity index (χ1) is 13.4. The summed E-state index contributed by atoms with van der Waals surface area (Å²) in [5, 5.41) is -0.193. The molecular weight excluding hydrogens is 390 g/mol. The summed E-state index contributed by atoms with van der Waals surface area (Å²) in [5.74, 6) is -1.99.